The zero-order chi connectivity index (χ0) is 21.5. The van der Waals surface area contributed by atoms with E-state index in [0.717, 1.165) is 35.5 Å². The van der Waals surface area contributed by atoms with Crippen LogP contribution in [0.15, 0.2) is 54.9 Å². The van der Waals surface area contributed by atoms with Crippen LogP contribution in [0.3, 0.4) is 0 Å². The third kappa shape index (κ3) is 4.16. The number of carbonyl (C=O) groups excluding carboxylic acids is 1. The fourth-order valence-electron chi connectivity index (χ4n) is 3.92. The Hall–Kier alpha value is -2.95. The van der Waals surface area contributed by atoms with Crippen LogP contribution in [0.1, 0.15) is 62.6 Å². The molecule has 0 atom stereocenters. The molecule has 1 N–H and O–H groups in total. The average molecular weight is 406 g/mol. The largest absolute Gasteiger partial charge is 0.347 e. The fraction of sp³-hybridized carbons (Fsp3) is 0.360. The number of carbonyl (C=O) groups is 1. The van der Waals surface area contributed by atoms with Gasteiger partial charge in [-0.25, -0.2) is 9.37 Å². The first-order valence-corrected chi connectivity index (χ1v) is 10.5. The van der Waals surface area contributed by atoms with Gasteiger partial charge < -0.3 is 9.88 Å². The standard InChI is InChI=1S/C25H28FN3O/c1-16(2)23-27-11-12-29(23)22-14-18(17-5-9-21(26)10-6-17)13-19(15-22)24(30)28-25(3,4)20-7-8-20/h5-6,9-16,20H,7-8H2,1-4H3,(H,28,30). The number of rotatable bonds is 6. The molecule has 1 aliphatic carbocycles. The summed E-state index contributed by atoms with van der Waals surface area (Å²) in [6.07, 6.45) is 5.99. The maximum absolute atomic E-state index is 13.4. The average Bonchev–Trinajstić information content (AvgIpc) is 3.45. The normalized spacial score (nSPS) is 14.2. The quantitative estimate of drug-likeness (QED) is 0.570. The minimum Gasteiger partial charge on any atom is -0.347 e. The molecule has 0 bridgehead atoms. The molecule has 1 heterocycles. The van der Waals surface area contributed by atoms with Crippen molar-refractivity contribution in [2.24, 2.45) is 5.92 Å². The molecular weight excluding hydrogens is 377 g/mol. The van der Waals surface area contributed by atoms with Gasteiger partial charge in [-0.05, 0) is 74.1 Å². The Morgan fingerprint density at radius 1 is 1.13 bits per heavy atom. The van der Waals surface area contributed by atoms with E-state index in [4.69, 9.17) is 0 Å². The van der Waals surface area contributed by atoms with Crippen LogP contribution in [0.5, 0.6) is 0 Å². The van der Waals surface area contributed by atoms with Gasteiger partial charge in [-0.3, -0.25) is 4.79 Å². The summed E-state index contributed by atoms with van der Waals surface area (Å²) in [6, 6.07) is 12.1. The number of amides is 1. The Labute approximate surface area is 177 Å². The molecule has 2 aromatic carbocycles. The van der Waals surface area contributed by atoms with Crippen LogP contribution in [0.25, 0.3) is 16.8 Å². The molecular formula is C25H28FN3O. The van der Waals surface area contributed by atoms with Crippen molar-refractivity contribution in [2.75, 3.05) is 0 Å². The molecule has 4 rings (SSSR count). The summed E-state index contributed by atoms with van der Waals surface area (Å²) in [5.74, 6) is 1.32. The van der Waals surface area contributed by atoms with Crippen molar-refractivity contribution >= 4 is 5.91 Å². The summed E-state index contributed by atoms with van der Waals surface area (Å²) in [6.45, 7) is 8.35. The molecule has 0 radical (unpaired) electrons. The lowest BCUT2D eigenvalue weighted by atomic mass is 9.97. The molecule has 3 aromatic rings. The maximum Gasteiger partial charge on any atom is 0.251 e. The number of nitrogens with one attached hydrogen (secondary N) is 1. The van der Waals surface area contributed by atoms with Gasteiger partial charge in [0.15, 0.2) is 0 Å². The predicted octanol–water partition coefficient (Wildman–Crippen LogP) is 5.72. The van der Waals surface area contributed by atoms with Crippen molar-refractivity contribution in [1.29, 1.82) is 0 Å². The molecule has 5 heteroatoms. The van der Waals surface area contributed by atoms with Gasteiger partial charge in [0.2, 0.25) is 0 Å². The van der Waals surface area contributed by atoms with E-state index in [2.05, 4.69) is 38.0 Å². The molecule has 4 nitrogen and oxygen atoms in total. The predicted molar refractivity (Wildman–Crippen MR) is 117 cm³/mol. The molecule has 156 valence electrons. The Morgan fingerprint density at radius 2 is 1.83 bits per heavy atom. The summed E-state index contributed by atoms with van der Waals surface area (Å²) in [5.41, 5.74) is 2.95. The topological polar surface area (TPSA) is 46.9 Å². The second-order valence-corrected chi connectivity index (χ2v) is 9.04. The summed E-state index contributed by atoms with van der Waals surface area (Å²) in [5, 5.41) is 3.21. The van der Waals surface area contributed by atoms with Gasteiger partial charge in [-0.15, -0.1) is 0 Å². The lowest BCUT2D eigenvalue weighted by molar-refractivity contribution is 0.0903. The first kappa shape index (κ1) is 20.3. The van der Waals surface area contributed by atoms with E-state index in [9.17, 15) is 9.18 Å². The lowest BCUT2D eigenvalue weighted by Gasteiger charge is -2.26. The van der Waals surface area contributed by atoms with Gasteiger partial charge in [0, 0.05) is 35.1 Å². The third-order valence-corrected chi connectivity index (χ3v) is 5.86. The van der Waals surface area contributed by atoms with Crippen LogP contribution in [0, 0.1) is 11.7 Å². The van der Waals surface area contributed by atoms with Crippen molar-refractivity contribution in [2.45, 2.75) is 52.0 Å². The van der Waals surface area contributed by atoms with Crippen LogP contribution >= 0.6 is 0 Å². The first-order valence-electron chi connectivity index (χ1n) is 10.5. The minimum absolute atomic E-state index is 0.0941. The monoisotopic (exact) mass is 405 g/mol. The molecule has 30 heavy (non-hydrogen) atoms. The van der Waals surface area contributed by atoms with E-state index < -0.39 is 0 Å². The highest BCUT2D eigenvalue weighted by Gasteiger charge is 2.38. The fourth-order valence-corrected chi connectivity index (χ4v) is 3.92. The van der Waals surface area contributed by atoms with Crippen molar-refractivity contribution < 1.29 is 9.18 Å². The SMILES string of the molecule is CC(C)c1nccn1-c1cc(C(=O)NC(C)(C)C2CC2)cc(-c2ccc(F)cc2)c1. The van der Waals surface area contributed by atoms with E-state index in [1.807, 2.05) is 29.0 Å². The van der Waals surface area contributed by atoms with Crippen molar-refractivity contribution in [3.63, 3.8) is 0 Å². The van der Waals surface area contributed by atoms with Gasteiger partial charge >= 0.3 is 0 Å². The zero-order valence-corrected chi connectivity index (χ0v) is 17.9. The molecule has 1 aromatic heterocycles. The first-order chi connectivity index (χ1) is 14.2. The van der Waals surface area contributed by atoms with Crippen molar-refractivity contribution in [3.8, 4) is 16.8 Å². The molecule has 1 amide bonds. The van der Waals surface area contributed by atoms with Crippen LogP contribution in [0.2, 0.25) is 0 Å². The minimum atomic E-state index is -0.282. The van der Waals surface area contributed by atoms with Gasteiger partial charge in [-0.2, -0.15) is 0 Å². The molecule has 1 saturated carbocycles. The Bertz CT molecular complexity index is 1060. The Morgan fingerprint density at radius 3 is 2.47 bits per heavy atom. The number of halogens is 1. The van der Waals surface area contributed by atoms with E-state index >= 15 is 0 Å². The van der Waals surface area contributed by atoms with E-state index in [-0.39, 0.29) is 23.2 Å². The van der Waals surface area contributed by atoms with Crippen LogP contribution < -0.4 is 5.32 Å². The van der Waals surface area contributed by atoms with Gasteiger partial charge in [0.05, 0.1) is 0 Å². The van der Waals surface area contributed by atoms with Gasteiger partial charge in [-0.1, -0.05) is 26.0 Å². The molecule has 0 aliphatic heterocycles. The summed E-state index contributed by atoms with van der Waals surface area (Å²) < 4.78 is 15.5. The van der Waals surface area contributed by atoms with Crippen LogP contribution in [0.4, 0.5) is 4.39 Å². The molecule has 1 fully saturated rings. The lowest BCUT2D eigenvalue weighted by Crippen LogP contribution is -2.45. The number of aromatic nitrogens is 2. The second-order valence-electron chi connectivity index (χ2n) is 9.04. The van der Waals surface area contributed by atoms with E-state index in [0.29, 0.717) is 11.5 Å². The summed E-state index contributed by atoms with van der Waals surface area (Å²) in [7, 11) is 0. The number of hydrogen-bond acceptors (Lipinski definition) is 2. The zero-order valence-electron chi connectivity index (χ0n) is 17.9. The number of benzene rings is 2. The number of imidazole rings is 1. The maximum atomic E-state index is 13.4. The molecule has 0 unspecified atom stereocenters. The highest BCUT2D eigenvalue weighted by Crippen LogP contribution is 2.39. The van der Waals surface area contributed by atoms with E-state index in [1.165, 1.54) is 12.1 Å². The van der Waals surface area contributed by atoms with Crippen molar-refractivity contribution in [1.82, 2.24) is 14.9 Å². The molecule has 0 spiro atoms. The van der Waals surface area contributed by atoms with Gasteiger partial charge in [0.25, 0.3) is 5.91 Å². The highest BCUT2D eigenvalue weighted by molar-refractivity contribution is 5.96. The Balaban J connectivity index is 1.78. The summed E-state index contributed by atoms with van der Waals surface area (Å²) in [4.78, 5) is 17.7. The number of hydrogen-bond donors (Lipinski definition) is 1. The third-order valence-electron chi connectivity index (χ3n) is 5.86. The highest BCUT2D eigenvalue weighted by atomic mass is 19.1. The second kappa shape index (κ2) is 7.71. The van der Waals surface area contributed by atoms with E-state index in [1.54, 1.807) is 18.3 Å². The van der Waals surface area contributed by atoms with Crippen molar-refractivity contribution in [3.05, 3.63) is 72.1 Å². The van der Waals surface area contributed by atoms with Crippen LogP contribution in [-0.2, 0) is 0 Å². The Kier molecular flexibility index (Phi) is 5.22. The smallest absolute Gasteiger partial charge is 0.251 e. The molecule has 1 aliphatic rings. The number of nitrogens with zero attached hydrogens (tertiary/aromatic N) is 2. The van der Waals surface area contributed by atoms with Gasteiger partial charge in [0.1, 0.15) is 11.6 Å². The molecule has 0 saturated heterocycles. The van der Waals surface area contributed by atoms with Crippen LogP contribution in [-0.4, -0.2) is 21.0 Å². The summed E-state index contributed by atoms with van der Waals surface area (Å²) >= 11 is 0.